The first-order valence-corrected chi connectivity index (χ1v) is 6.64. The van der Waals surface area contributed by atoms with Gasteiger partial charge in [-0.1, -0.05) is 18.2 Å². The van der Waals surface area contributed by atoms with Crippen molar-refractivity contribution in [2.45, 2.75) is 0 Å². The molecule has 0 aliphatic rings. The maximum Gasteiger partial charge on any atom is 0.153 e. The fourth-order valence-corrected chi connectivity index (χ4v) is 2.29. The average Bonchev–Trinajstić information content (AvgIpc) is 2.89. The lowest BCUT2D eigenvalue weighted by Gasteiger charge is -1.99. The smallest absolute Gasteiger partial charge is 0.153 e. The van der Waals surface area contributed by atoms with Gasteiger partial charge in [0, 0.05) is 21.5 Å². The van der Waals surface area contributed by atoms with Crippen LogP contribution in [0.15, 0.2) is 60.9 Å². The molecule has 2 heterocycles. The summed E-state index contributed by atoms with van der Waals surface area (Å²) < 4.78 is 2.99. The van der Waals surface area contributed by atoms with Gasteiger partial charge in [-0.3, -0.25) is 0 Å². The summed E-state index contributed by atoms with van der Waals surface area (Å²) in [5.41, 5.74) is 2.08. The van der Waals surface area contributed by atoms with Crippen LogP contribution in [0.2, 0.25) is 0 Å². The topological polar surface area (TPSA) is 30.7 Å². The third-order valence-corrected chi connectivity index (χ3v) is 3.26. The van der Waals surface area contributed by atoms with Crippen molar-refractivity contribution in [1.29, 1.82) is 0 Å². The molecule has 0 fully saturated rings. The highest BCUT2D eigenvalue weighted by Gasteiger charge is 2.04. The number of hydrogen-bond acceptors (Lipinski definition) is 2. The normalized spacial score (nSPS) is 10.5. The van der Waals surface area contributed by atoms with Crippen molar-refractivity contribution in [2.24, 2.45) is 0 Å². The summed E-state index contributed by atoms with van der Waals surface area (Å²) in [5.74, 6) is 0.828. The standard InChI is InChI=1S/C14H10IN3/c15-12-5-3-4-11(10-12)13-7-9-18(17-13)14-6-1-2-8-16-14/h1-10H. The third-order valence-electron chi connectivity index (χ3n) is 2.59. The average molecular weight is 347 g/mol. The largest absolute Gasteiger partial charge is 0.237 e. The van der Waals surface area contributed by atoms with Crippen LogP contribution in [-0.2, 0) is 0 Å². The zero-order valence-electron chi connectivity index (χ0n) is 9.49. The molecule has 0 N–H and O–H groups in total. The van der Waals surface area contributed by atoms with Crippen LogP contribution < -0.4 is 0 Å². The Bertz CT molecular complexity index is 662. The van der Waals surface area contributed by atoms with Crippen molar-refractivity contribution in [1.82, 2.24) is 14.8 Å². The summed E-state index contributed by atoms with van der Waals surface area (Å²) >= 11 is 2.30. The number of nitrogens with zero attached hydrogens (tertiary/aromatic N) is 3. The van der Waals surface area contributed by atoms with Gasteiger partial charge in [-0.15, -0.1) is 0 Å². The molecule has 2 aromatic heterocycles. The Morgan fingerprint density at radius 1 is 1.00 bits per heavy atom. The van der Waals surface area contributed by atoms with Gasteiger partial charge in [0.25, 0.3) is 0 Å². The molecule has 88 valence electrons. The predicted molar refractivity (Wildman–Crippen MR) is 79.5 cm³/mol. The molecule has 4 heteroatoms. The fraction of sp³-hybridized carbons (Fsp3) is 0. The van der Waals surface area contributed by atoms with E-state index in [2.05, 4.69) is 50.9 Å². The Kier molecular flexibility index (Phi) is 3.10. The second kappa shape index (κ2) is 4.89. The summed E-state index contributed by atoms with van der Waals surface area (Å²) in [6.45, 7) is 0. The predicted octanol–water partition coefficient (Wildman–Crippen LogP) is 3.54. The zero-order valence-corrected chi connectivity index (χ0v) is 11.7. The summed E-state index contributed by atoms with van der Waals surface area (Å²) in [5, 5.41) is 4.54. The molecule has 0 spiro atoms. The quantitative estimate of drug-likeness (QED) is 0.664. The van der Waals surface area contributed by atoms with E-state index in [-0.39, 0.29) is 0 Å². The fourth-order valence-electron chi connectivity index (χ4n) is 1.74. The SMILES string of the molecule is Ic1cccc(-c2ccn(-c3ccccn3)n2)c1. The van der Waals surface area contributed by atoms with E-state index in [0.29, 0.717) is 0 Å². The highest BCUT2D eigenvalue weighted by atomic mass is 127. The summed E-state index contributed by atoms with van der Waals surface area (Å²) in [6.07, 6.45) is 3.69. The minimum atomic E-state index is 0.828. The minimum absolute atomic E-state index is 0.828. The van der Waals surface area contributed by atoms with Crippen LogP contribution in [0.5, 0.6) is 0 Å². The van der Waals surface area contributed by atoms with E-state index in [1.165, 1.54) is 3.57 Å². The number of pyridine rings is 1. The van der Waals surface area contributed by atoms with Gasteiger partial charge < -0.3 is 0 Å². The Morgan fingerprint density at radius 3 is 2.72 bits per heavy atom. The monoisotopic (exact) mass is 347 g/mol. The van der Waals surface area contributed by atoms with E-state index in [1.807, 2.05) is 36.5 Å². The summed E-state index contributed by atoms with van der Waals surface area (Å²) in [7, 11) is 0. The minimum Gasteiger partial charge on any atom is -0.237 e. The zero-order chi connectivity index (χ0) is 12.4. The van der Waals surface area contributed by atoms with Crippen LogP contribution in [0, 0.1) is 3.57 Å². The molecule has 0 unspecified atom stereocenters. The summed E-state index contributed by atoms with van der Waals surface area (Å²) in [6, 6.07) is 16.1. The molecule has 0 saturated carbocycles. The molecule has 3 rings (SSSR count). The number of halogens is 1. The molecule has 0 aliphatic heterocycles. The Morgan fingerprint density at radius 2 is 1.94 bits per heavy atom. The lowest BCUT2D eigenvalue weighted by Crippen LogP contribution is -1.97. The number of hydrogen-bond donors (Lipinski definition) is 0. The molecule has 0 saturated heterocycles. The van der Waals surface area contributed by atoms with E-state index in [1.54, 1.807) is 10.9 Å². The van der Waals surface area contributed by atoms with Gasteiger partial charge in [-0.2, -0.15) is 5.10 Å². The van der Waals surface area contributed by atoms with E-state index in [9.17, 15) is 0 Å². The third kappa shape index (κ3) is 2.28. The summed E-state index contributed by atoms with van der Waals surface area (Å²) in [4.78, 5) is 4.27. The van der Waals surface area contributed by atoms with Crippen molar-refractivity contribution < 1.29 is 0 Å². The van der Waals surface area contributed by atoms with Gasteiger partial charge in [-0.05, 0) is 52.9 Å². The van der Waals surface area contributed by atoms with Crippen LogP contribution in [0.4, 0.5) is 0 Å². The molecule has 0 atom stereocenters. The Balaban J connectivity index is 2.00. The van der Waals surface area contributed by atoms with E-state index in [4.69, 9.17) is 0 Å². The van der Waals surface area contributed by atoms with Crippen LogP contribution in [0.25, 0.3) is 17.1 Å². The molecule has 0 bridgehead atoms. The van der Waals surface area contributed by atoms with Crippen LogP contribution >= 0.6 is 22.6 Å². The van der Waals surface area contributed by atoms with E-state index >= 15 is 0 Å². The number of benzene rings is 1. The van der Waals surface area contributed by atoms with Gasteiger partial charge in [0.2, 0.25) is 0 Å². The van der Waals surface area contributed by atoms with Crippen molar-refractivity contribution in [2.75, 3.05) is 0 Å². The van der Waals surface area contributed by atoms with Gasteiger partial charge in [-0.25, -0.2) is 9.67 Å². The first-order chi connectivity index (χ1) is 8.83. The molecular formula is C14H10IN3. The van der Waals surface area contributed by atoms with Crippen LogP contribution in [-0.4, -0.2) is 14.8 Å². The highest BCUT2D eigenvalue weighted by Crippen LogP contribution is 2.20. The second-order valence-electron chi connectivity index (χ2n) is 3.84. The van der Waals surface area contributed by atoms with E-state index in [0.717, 1.165) is 17.1 Å². The van der Waals surface area contributed by atoms with Crippen molar-refractivity contribution >= 4 is 22.6 Å². The highest BCUT2D eigenvalue weighted by molar-refractivity contribution is 14.1. The van der Waals surface area contributed by atoms with Gasteiger partial charge in [0.05, 0.1) is 5.69 Å². The molecular weight excluding hydrogens is 337 g/mol. The van der Waals surface area contributed by atoms with Crippen molar-refractivity contribution in [3.05, 3.63) is 64.5 Å². The molecule has 3 nitrogen and oxygen atoms in total. The first kappa shape index (κ1) is 11.4. The van der Waals surface area contributed by atoms with Crippen molar-refractivity contribution in [3.63, 3.8) is 0 Å². The number of rotatable bonds is 2. The lowest BCUT2D eigenvalue weighted by molar-refractivity contribution is 0.850. The van der Waals surface area contributed by atoms with Gasteiger partial charge in [0.1, 0.15) is 0 Å². The second-order valence-corrected chi connectivity index (χ2v) is 5.09. The molecule has 0 radical (unpaired) electrons. The number of aromatic nitrogens is 3. The molecule has 0 amide bonds. The Labute approximate surface area is 119 Å². The van der Waals surface area contributed by atoms with E-state index < -0.39 is 0 Å². The van der Waals surface area contributed by atoms with Crippen molar-refractivity contribution in [3.8, 4) is 17.1 Å². The van der Waals surface area contributed by atoms with Gasteiger partial charge in [0.15, 0.2) is 5.82 Å². The van der Waals surface area contributed by atoms with Crippen LogP contribution in [0.3, 0.4) is 0 Å². The molecule has 0 aliphatic carbocycles. The van der Waals surface area contributed by atoms with Gasteiger partial charge >= 0.3 is 0 Å². The molecule has 3 aromatic rings. The molecule has 18 heavy (non-hydrogen) atoms. The maximum atomic E-state index is 4.54. The lowest BCUT2D eigenvalue weighted by atomic mass is 10.2. The van der Waals surface area contributed by atoms with Crippen LogP contribution in [0.1, 0.15) is 0 Å². The maximum absolute atomic E-state index is 4.54. The Hall–Kier alpha value is -1.69. The first-order valence-electron chi connectivity index (χ1n) is 5.56. The molecule has 1 aromatic carbocycles.